The van der Waals surface area contributed by atoms with Crippen LogP contribution in [0.5, 0.6) is 5.75 Å². The summed E-state index contributed by atoms with van der Waals surface area (Å²) >= 11 is 0. The fourth-order valence-electron chi connectivity index (χ4n) is 5.00. The molecule has 5 rings (SSSR count). The Bertz CT molecular complexity index is 1030. The van der Waals surface area contributed by atoms with Crippen LogP contribution >= 0.6 is 0 Å². The van der Waals surface area contributed by atoms with Crippen LogP contribution in [0.3, 0.4) is 0 Å². The van der Waals surface area contributed by atoms with Gasteiger partial charge in [0, 0.05) is 45.0 Å². The summed E-state index contributed by atoms with van der Waals surface area (Å²) in [5.74, 6) is 2.76. The van der Waals surface area contributed by atoms with Crippen molar-refractivity contribution >= 4 is 11.8 Å². The van der Waals surface area contributed by atoms with Gasteiger partial charge in [0.05, 0.1) is 0 Å². The second-order valence-corrected chi connectivity index (χ2v) is 9.75. The van der Waals surface area contributed by atoms with E-state index in [0.717, 1.165) is 63.1 Å². The van der Waals surface area contributed by atoms with Gasteiger partial charge in [0.25, 0.3) is 0 Å². The van der Waals surface area contributed by atoms with Crippen LogP contribution in [0.2, 0.25) is 0 Å². The fourth-order valence-corrected chi connectivity index (χ4v) is 5.00. The first-order valence-corrected chi connectivity index (χ1v) is 13.1. The van der Waals surface area contributed by atoms with Gasteiger partial charge in [-0.3, -0.25) is 4.90 Å². The average Bonchev–Trinajstić information content (AvgIpc) is 3.20. The van der Waals surface area contributed by atoms with Crippen LogP contribution in [-0.4, -0.2) is 47.1 Å². The number of benzene rings is 2. The van der Waals surface area contributed by atoms with E-state index in [1.165, 1.54) is 36.8 Å². The Morgan fingerprint density at radius 2 is 1.54 bits per heavy atom. The number of rotatable bonds is 8. The molecule has 0 spiro atoms. The van der Waals surface area contributed by atoms with Crippen molar-refractivity contribution in [1.82, 2.24) is 14.9 Å². The summed E-state index contributed by atoms with van der Waals surface area (Å²) < 4.78 is 5.92. The molecule has 2 aromatic carbocycles. The van der Waals surface area contributed by atoms with Crippen LogP contribution in [0.15, 0.2) is 66.9 Å². The number of aromatic nitrogens is 2. The molecule has 0 saturated carbocycles. The van der Waals surface area contributed by atoms with Gasteiger partial charge in [0.1, 0.15) is 18.2 Å². The lowest BCUT2D eigenvalue weighted by Gasteiger charge is -2.32. The lowest BCUT2D eigenvalue weighted by Crippen LogP contribution is -2.39. The predicted octanol–water partition coefficient (Wildman–Crippen LogP) is 5.51. The molecule has 3 aromatic rings. The van der Waals surface area contributed by atoms with E-state index in [-0.39, 0.29) is 0 Å². The van der Waals surface area contributed by atoms with Crippen molar-refractivity contribution in [3.63, 3.8) is 0 Å². The number of hydrogen-bond acceptors (Lipinski definition) is 6. The minimum Gasteiger partial charge on any atom is -0.489 e. The Balaban J connectivity index is 1.07. The smallest absolute Gasteiger partial charge is 0.224 e. The Morgan fingerprint density at radius 3 is 2.29 bits per heavy atom. The Morgan fingerprint density at radius 1 is 0.800 bits per heavy atom. The normalized spacial score (nSPS) is 17.7. The van der Waals surface area contributed by atoms with Gasteiger partial charge < -0.3 is 15.0 Å². The molecule has 0 radical (unpaired) electrons. The van der Waals surface area contributed by atoms with Crippen LogP contribution in [-0.2, 0) is 13.2 Å². The summed E-state index contributed by atoms with van der Waals surface area (Å²) in [5.41, 5.74) is 2.52. The van der Waals surface area contributed by atoms with Crippen LogP contribution in [0.4, 0.5) is 11.8 Å². The van der Waals surface area contributed by atoms with Crippen molar-refractivity contribution in [2.45, 2.75) is 57.7 Å². The van der Waals surface area contributed by atoms with E-state index in [1.54, 1.807) is 0 Å². The van der Waals surface area contributed by atoms with Gasteiger partial charge in [-0.15, -0.1) is 0 Å². The molecule has 0 bridgehead atoms. The minimum absolute atomic E-state index is 0.430. The molecule has 0 unspecified atom stereocenters. The summed E-state index contributed by atoms with van der Waals surface area (Å²) in [6.45, 7) is 5.95. The third kappa shape index (κ3) is 6.95. The number of anilines is 2. The molecule has 184 valence electrons. The fraction of sp³-hybridized carbons (Fsp3) is 0.448. The van der Waals surface area contributed by atoms with Crippen molar-refractivity contribution in [1.29, 1.82) is 0 Å². The average molecular weight is 472 g/mol. The largest absolute Gasteiger partial charge is 0.489 e. The standard InChI is InChI=1S/C29H37N5O/c1-2-7-19-34(18-6-1)28-14-17-30-29(32-28)31-26-15-20-33(21-16-26)22-24-10-12-27(13-11-24)35-23-25-8-4-3-5-9-25/h3-5,8-14,17,26H,1-2,6-7,15-16,18-23H2,(H,30,31,32). The maximum absolute atomic E-state index is 5.92. The first-order valence-electron chi connectivity index (χ1n) is 13.1. The summed E-state index contributed by atoms with van der Waals surface area (Å²) in [5, 5.41) is 3.60. The summed E-state index contributed by atoms with van der Waals surface area (Å²) in [4.78, 5) is 14.3. The van der Waals surface area contributed by atoms with Gasteiger partial charge in [0.2, 0.25) is 5.95 Å². The molecule has 2 aliphatic rings. The molecule has 3 heterocycles. The molecule has 0 amide bonds. The van der Waals surface area contributed by atoms with Crippen LogP contribution in [0.25, 0.3) is 0 Å². The van der Waals surface area contributed by atoms with E-state index in [1.807, 2.05) is 24.4 Å². The molecule has 1 aromatic heterocycles. The number of ether oxygens (including phenoxy) is 1. The molecule has 2 fully saturated rings. The Kier molecular flexibility index (Phi) is 8.11. The van der Waals surface area contributed by atoms with Gasteiger partial charge in [-0.25, -0.2) is 4.98 Å². The van der Waals surface area contributed by atoms with Crippen LogP contribution in [0.1, 0.15) is 49.7 Å². The lowest BCUT2D eigenvalue weighted by atomic mass is 10.0. The minimum atomic E-state index is 0.430. The zero-order valence-electron chi connectivity index (χ0n) is 20.6. The van der Waals surface area contributed by atoms with Gasteiger partial charge in [-0.05, 0) is 55.0 Å². The monoisotopic (exact) mass is 471 g/mol. The molecular weight excluding hydrogens is 434 g/mol. The van der Waals surface area contributed by atoms with Crippen LogP contribution < -0.4 is 15.0 Å². The molecule has 2 saturated heterocycles. The highest BCUT2D eigenvalue weighted by molar-refractivity contribution is 5.43. The van der Waals surface area contributed by atoms with E-state index in [9.17, 15) is 0 Å². The first kappa shape index (κ1) is 23.6. The molecule has 1 N–H and O–H groups in total. The van der Waals surface area contributed by atoms with E-state index in [0.29, 0.717) is 12.6 Å². The number of hydrogen-bond donors (Lipinski definition) is 1. The van der Waals surface area contributed by atoms with Gasteiger partial charge in [0.15, 0.2) is 0 Å². The van der Waals surface area contributed by atoms with E-state index < -0.39 is 0 Å². The number of nitrogens with zero attached hydrogens (tertiary/aromatic N) is 4. The third-order valence-corrected chi connectivity index (χ3v) is 7.07. The van der Waals surface area contributed by atoms with E-state index >= 15 is 0 Å². The molecule has 0 aliphatic carbocycles. The van der Waals surface area contributed by atoms with E-state index in [2.05, 4.69) is 62.6 Å². The van der Waals surface area contributed by atoms with Gasteiger partial charge in [-0.1, -0.05) is 55.3 Å². The quantitative estimate of drug-likeness (QED) is 0.467. The molecule has 2 aliphatic heterocycles. The topological polar surface area (TPSA) is 53.5 Å². The van der Waals surface area contributed by atoms with E-state index in [4.69, 9.17) is 9.72 Å². The van der Waals surface area contributed by atoms with Crippen molar-refractivity contribution in [3.05, 3.63) is 78.0 Å². The highest BCUT2D eigenvalue weighted by Crippen LogP contribution is 2.21. The number of likely N-dealkylation sites (tertiary alicyclic amines) is 1. The molecule has 35 heavy (non-hydrogen) atoms. The third-order valence-electron chi connectivity index (χ3n) is 7.07. The molecule has 6 nitrogen and oxygen atoms in total. The van der Waals surface area contributed by atoms with Crippen molar-refractivity contribution < 1.29 is 4.74 Å². The Hall–Kier alpha value is -3.12. The SMILES string of the molecule is c1ccc(COc2ccc(CN3CCC(Nc4nccc(N5CCCCCC5)n4)CC3)cc2)cc1. The maximum atomic E-state index is 5.92. The first-order chi connectivity index (χ1) is 17.3. The zero-order valence-corrected chi connectivity index (χ0v) is 20.6. The van der Waals surface area contributed by atoms with Crippen molar-refractivity contribution in [2.24, 2.45) is 0 Å². The molecular formula is C29H37N5O. The highest BCUT2D eigenvalue weighted by Gasteiger charge is 2.20. The second-order valence-electron chi connectivity index (χ2n) is 9.75. The molecule has 0 atom stereocenters. The number of piperidine rings is 1. The van der Waals surface area contributed by atoms with Crippen LogP contribution in [0, 0.1) is 0 Å². The summed E-state index contributed by atoms with van der Waals surface area (Å²) in [6.07, 6.45) is 9.29. The summed E-state index contributed by atoms with van der Waals surface area (Å²) in [7, 11) is 0. The highest BCUT2D eigenvalue weighted by atomic mass is 16.5. The van der Waals surface area contributed by atoms with Crippen molar-refractivity contribution in [3.8, 4) is 5.75 Å². The molecule has 6 heteroatoms. The second kappa shape index (κ2) is 12.0. The Labute approximate surface area is 209 Å². The van der Waals surface area contributed by atoms with Gasteiger partial charge >= 0.3 is 0 Å². The lowest BCUT2D eigenvalue weighted by molar-refractivity contribution is 0.211. The zero-order chi connectivity index (χ0) is 23.7. The van der Waals surface area contributed by atoms with Crippen molar-refractivity contribution in [2.75, 3.05) is 36.4 Å². The number of nitrogens with one attached hydrogen (secondary N) is 1. The predicted molar refractivity (Wildman–Crippen MR) is 142 cm³/mol. The van der Waals surface area contributed by atoms with Gasteiger partial charge in [-0.2, -0.15) is 4.98 Å². The summed E-state index contributed by atoms with van der Waals surface area (Å²) in [6, 6.07) is 21.3. The maximum Gasteiger partial charge on any atom is 0.224 e.